The number of nitrogens with one attached hydrogen (secondary N) is 2. The summed E-state index contributed by atoms with van der Waals surface area (Å²) < 4.78 is 0. The van der Waals surface area contributed by atoms with E-state index in [0.717, 1.165) is 43.9 Å². The fourth-order valence-electron chi connectivity index (χ4n) is 2.54. The van der Waals surface area contributed by atoms with Crippen molar-refractivity contribution in [2.75, 3.05) is 18.4 Å². The van der Waals surface area contributed by atoms with E-state index in [0.29, 0.717) is 0 Å². The van der Waals surface area contributed by atoms with Crippen molar-refractivity contribution < 1.29 is 4.79 Å². The number of nitrogens with zero attached hydrogens (tertiary/aromatic N) is 1. The number of hydrogen-bond donors (Lipinski definition) is 2. The molecule has 0 saturated carbocycles. The Hall–Kier alpha value is -0.940. The minimum atomic E-state index is 0.152. The third kappa shape index (κ3) is 2.35. The molecule has 2 N–H and O–H groups in total. The summed E-state index contributed by atoms with van der Waals surface area (Å²) in [4.78, 5) is 17.9. The van der Waals surface area contributed by atoms with E-state index in [1.54, 1.807) is 11.3 Å². The van der Waals surface area contributed by atoms with E-state index in [-0.39, 0.29) is 11.8 Å². The Kier molecular flexibility index (Phi) is 3.11. The molecule has 4 nitrogen and oxygen atoms in total. The Morgan fingerprint density at radius 2 is 2.18 bits per heavy atom. The standard InChI is InChI=1S/C12H17N3OS/c16-11(8-4-6-13-7-5-8)15-12-14-9-2-1-3-10(9)17-12/h8,13H,1-7H2,(H,14,15,16). The van der Waals surface area contributed by atoms with Crippen molar-refractivity contribution in [1.82, 2.24) is 10.3 Å². The lowest BCUT2D eigenvalue weighted by Gasteiger charge is -2.21. The molecule has 1 saturated heterocycles. The Morgan fingerprint density at radius 3 is 2.94 bits per heavy atom. The lowest BCUT2D eigenvalue weighted by atomic mass is 9.97. The van der Waals surface area contributed by atoms with Gasteiger partial charge in [0.05, 0.1) is 5.69 Å². The summed E-state index contributed by atoms with van der Waals surface area (Å²) in [5.74, 6) is 0.314. The molecular formula is C12H17N3OS. The normalized spacial score (nSPS) is 20.2. The largest absolute Gasteiger partial charge is 0.317 e. The van der Waals surface area contributed by atoms with Gasteiger partial charge in [-0.3, -0.25) is 4.79 Å². The number of amides is 1. The van der Waals surface area contributed by atoms with Crippen LogP contribution in [0.1, 0.15) is 29.8 Å². The molecule has 0 spiro atoms. The first kappa shape index (κ1) is 11.2. The number of fused-ring (bicyclic) bond motifs is 1. The molecule has 3 rings (SSSR count). The molecule has 17 heavy (non-hydrogen) atoms. The highest BCUT2D eigenvalue weighted by Gasteiger charge is 2.23. The van der Waals surface area contributed by atoms with Gasteiger partial charge in [0.15, 0.2) is 5.13 Å². The van der Waals surface area contributed by atoms with Crippen molar-refractivity contribution in [1.29, 1.82) is 0 Å². The van der Waals surface area contributed by atoms with Gasteiger partial charge >= 0.3 is 0 Å². The van der Waals surface area contributed by atoms with E-state index in [4.69, 9.17) is 0 Å². The van der Waals surface area contributed by atoms with Crippen LogP contribution in [0.5, 0.6) is 0 Å². The highest BCUT2D eigenvalue weighted by molar-refractivity contribution is 7.15. The summed E-state index contributed by atoms with van der Waals surface area (Å²) in [6, 6.07) is 0. The second-order valence-corrected chi connectivity index (χ2v) is 5.84. The van der Waals surface area contributed by atoms with Gasteiger partial charge in [-0.1, -0.05) is 0 Å². The highest BCUT2D eigenvalue weighted by atomic mass is 32.1. The number of carbonyl (C=O) groups excluding carboxylic acids is 1. The van der Waals surface area contributed by atoms with Gasteiger partial charge in [0.2, 0.25) is 5.91 Å². The van der Waals surface area contributed by atoms with Crippen LogP contribution >= 0.6 is 11.3 Å². The summed E-state index contributed by atoms with van der Waals surface area (Å²) in [5, 5.41) is 7.06. The Bertz CT molecular complexity index is 402. The number of carbonyl (C=O) groups is 1. The van der Waals surface area contributed by atoms with Gasteiger partial charge in [0.1, 0.15) is 0 Å². The molecule has 1 aromatic heterocycles. The van der Waals surface area contributed by atoms with Gasteiger partial charge < -0.3 is 10.6 Å². The smallest absolute Gasteiger partial charge is 0.229 e. The quantitative estimate of drug-likeness (QED) is 0.839. The maximum Gasteiger partial charge on any atom is 0.229 e. The molecule has 1 aliphatic heterocycles. The van der Waals surface area contributed by atoms with Crippen molar-refractivity contribution in [2.24, 2.45) is 5.92 Å². The van der Waals surface area contributed by atoms with Crippen LogP contribution in [-0.4, -0.2) is 24.0 Å². The second-order valence-electron chi connectivity index (χ2n) is 4.76. The van der Waals surface area contributed by atoms with Crippen molar-refractivity contribution >= 4 is 22.4 Å². The first-order valence-corrected chi connectivity index (χ1v) is 7.15. The molecular weight excluding hydrogens is 234 g/mol. The average Bonchev–Trinajstić information content (AvgIpc) is 2.90. The van der Waals surface area contributed by atoms with Crippen molar-refractivity contribution in [3.63, 3.8) is 0 Å². The van der Waals surface area contributed by atoms with Gasteiger partial charge in [-0.25, -0.2) is 4.98 Å². The van der Waals surface area contributed by atoms with Crippen molar-refractivity contribution in [2.45, 2.75) is 32.1 Å². The number of hydrogen-bond acceptors (Lipinski definition) is 4. The predicted molar refractivity (Wildman–Crippen MR) is 68.4 cm³/mol. The maximum atomic E-state index is 12.0. The zero-order valence-corrected chi connectivity index (χ0v) is 10.6. The summed E-state index contributed by atoms with van der Waals surface area (Å²) >= 11 is 1.66. The monoisotopic (exact) mass is 251 g/mol. The van der Waals surface area contributed by atoms with Crippen LogP contribution in [0.15, 0.2) is 0 Å². The molecule has 0 bridgehead atoms. The molecule has 1 fully saturated rings. The fourth-order valence-corrected chi connectivity index (χ4v) is 3.59. The highest BCUT2D eigenvalue weighted by Crippen LogP contribution is 2.30. The molecule has 0 unspecified atom stereocenters. The van der Waals surface area contributed by atoms with Gasteiger partial charge in [-0.2, -0.15) is 0 Å². The molecule has 1 aliphatic carbocycles. The number of aromatic nitrogens is 1. The summed E-state index contributed by atoms with van der Waals surface area (Å²) in [6.07, 6.45) is 5.32. The van der Waals surface area contributed by atoms with E-state index in [2.05, 4.69) is 15.6 Å². The first-order valence-electron chi connectivity index (χ1n) is 6.33. The summed E-state index contributed by atoms with van der Waals surface area (Å²) in [7, 11) is 0. The Balaban J connectivity index is 1.63. The van der Waals surface area contributed by atoms with Crippen LogP contribution in [0.3, 0.4) is 0 Å². The van der Waals surface area contributed by atoms with E-state index < -0.39 is 0 Å². The molecule has 1 aromatic rings. The SMILES string of the molecule is O=C(Nc1nc2c(s1)CCC2)C1CCNCC1. The second kappa shape index (κ2) is 4.74. The van der Waals surface area contributed by atoms with Crippen LogP contribution in [0, 0.1) is 5.92 Å². The number of piperidine rings is 1. The zero-order chi connectivity index (χ0) is 11.7. The number of aryl methyl sites for hydroxylation is 2. The van der Waals surface area contributed by atoms with E-state index in [1.165, 1.54) is 17.0 Å². The fraction of sp³-hybridized carbons (Fsp3) is 0.667. The summed E-state index contributed by atoms with van der Waals surface area (Å²) in [6.45, 7) is 1.90. The first-order chi connectivity index (χ1) is 8.33. The van der Waals surface area contributed by atoms with E-state index >= 15 is 0 Å². The molecule has 5 heteroatoms. The third-order valence-electron chi connectivity index (χ3n) is 3.54. The lowest BCUT2D eigenvalue weighted by molar-refractivity contribution is -0.120. The number of anilines is 1. The van der Waals surface area contributed by atoms with Gasteiger partial charge in [-0.15, -0.1) is 11.3 Å². The van der Waals surface area contributed by atoms with Crippen molar-refractivity contribution in [3.05, 3.63) is 10.6 Å². The molecule has 0 atom stereocenters. The molecule has 92 valence electrons. The van der Waals surface area contributed by atoms with Gasteiger partial charge in [0, 0.05) is 10.8 Å². The van der Waals surface area contributed by atoms with Gasteiger partial charge in [0.25, 0.3) is 0 Å². The average molecular weight is 251 g/mol. The van der Waals surface area contributed by atoms with Crippen LogP contribution in [0.2, 0.25) is 0 Å². The molecule has 2 aliphatic rings. The van der Waals surface area contributed by atoms with Crippen LogP contribution in [0.25, 0.3) is 0 Å². The number of thiazole rings is 1. The predicted octanol–water partition coefficient (Wildman–Crippen LogP) is 1.57. The van der Waals surface area contributed by atoms with Crippen LogP contribution < -0.4 is 10.6 Å². The zero-order valence-electron chi connectivity index (χ0n) is 9.79. The van der Waals surface area contributed by atoms with Crippen LogP contribution in [0.4, 0.5) is 5.13 Å². The molecule has 1 amide bonds. The van der Waals surface area contributed by atoms with E-state index in [9.17, 15) is 4.79 Å². The Labute approximate surface area is 105 Å². The lowest BCUT2D eigenvalue weighted by Crippen LogP contribution is -2.34. The minimum absolute atomic E-state index is 0.152. The Morgan fingerprint density at radius 1 is 1.35 bits per heavy atom. The maximum absolute atomic E-state index is 12.0. The van der Waals surface area contributed by atoms with Crippen molar-refractivity contribution in [3.8, 4) is 0 Å². The van der Waals surface area contributed by atoms with E-state index in [1.807, 2.05) is 0 Å². The molecule has 0 aromatic carbocycles. The number of rotatable bonds is 2. The minimum Gasteiger partial charge on any atom is -0.317 e. The summed E-state index contributed by atoms with van der Waals surface area (Å²) in [5.41, 5.74) is 1.20. The van der Waals surface area contributed by atoms with Crippen LogP contribution in [-0.2, 0) is 17.6 Å². The van der Waals surface area contributed by atoms with Gasteiger partial charge in [-0.05, 0) is 45.2 Å². The topological polar surface area (TPSA) is 54.0 Å². The molecule has 2 heterocycles. The third-order valence-corrected chi connectivity index (χ3v) is 4.61. The molecule has 0 radical (unpaired) electrons.